The standard InChI is InChI=1S/C32H28F2N8O8S/c33-32(34)51(48,49)41-17-9-7-16(8-10-17)27-26(28(35)45)29(40-39-27)36-18-3-1-4-19(13-18)50-15-25(44)37-22-6-2-5-20-21(22)14-42(31(20)47)23-11-12-24(43)38-30(23)46/h1-10,13,23,32,41H,11-12,14-15H2,(H2,35,45)(H,37,44)(H2,36,39,40)(H,38,43,46). The number of benzene rings is 3. The van der Waals surface area contributed by atoms with Gasteiger partial charge in [-0.15, -0.1) is 0 Å². The number of sulfonamides is 1. The molecule has 2 aliphatic rings. The smallest absolute Gasteiger partial charge is 0.355 e. The Morgan fingerprint density at radius 3 is 2.49 bits per heavy atom. The average Bonchev–Trinajstić information content (AvgIpc) is 3.65. The van der Waals surface area contributed by atoms with Gasteiger partial charge in [-0.25, -0.2) is 8.42 Å². The third-order valence-electron chi connectivity index (χ3n) is 8.00. The van der Waals surface area contributed by atoms with E-state index in [0.717, 1.165) is 0 Å². The van der Waals surface area contributed by atoms with Gasteiger partial charge in [0.05, 0.1) is 5.69 Å². The summed E-state index contributed by atoms with van der Waals surface area (Å²) in [7, 11) is -4.87. The van der Waals surface area contributed by atoms with Gasteiger partial charge in [0.25, 0.3) is 27.7 Å². The normalized spacial score (nSPS) is 15.7. The van der Waals surface area contributed by atoms with Crippen LogP contribution in [0.2, 0.25) is 0 Å². The second-order valence-electron chi connectivity index (χ2n) is 11.4. The molecule has 16 nitrogen and oxygen atoms in total. The quantitative estimate of drug-likeness (QED) is 0.117. The number of H-pyrrole nitrogens is 1. The van der Waals surface area contributed by atoms with E-state index >= 15 is 0 Å². The molecule has 4 aromatic rings. The van der Waals surface area contributed by atoms with Gasteiger partial charge in [-0.3, -0.25) is 39.1 Å². The van der Waals surface area contributed by atoms with Crippen molar-refractivity contribution in [2.24, 2.45) is 5.73 Å². The van der Waals surface area contributed by atoms with Crippen LogP contribution in [0.25, 0.3) is 11.3 Å². The van der Waals surface area contributed by atoms with Gasteiger partial charge in [0.2, 0.25) is 11.8 Å². The third-order valence-corrected chi connectivity index (χ3v) is 8.99. The van der Waals surface area contributed by atoms with Gasteiger partial charge in [0, 0.05) is 52.8 Å². The number of rotatable bonds is 12. The fourth-order valence-electron chi connectivity index (χ4n) is 5.63. The van der Waals surface area contributed by atoms with Crippen LogP contribution in [0.3, 0.4) is 0 Å². The van der Waals surface area contributed by atoms with Gasteiger partial charge in [-0.1, -0.05) is 24.3 Å². The number of alkyl halides is 2. The molecule has 1 unspecified atom stereocenters. The molecule has 1 atom stereocenters. The summed E-state index contributed by atoms with van der Waals surface area (Å²) in [6, 6.07) is 15.6. The van der Waals surface area contributed by atoms with Crippen molar-refractivity contribution in [3.8, 4) is 17.0 Å². The van der Waals surface area contributed by atoms with E-state index < -0.39 is 52.1 Å². The first kappa shape index (κ1) is 34.5. The van der Waals surface area contributed by atoms with E-state index in [9.17, 15) is 41.2 Å². The van der Waals surface area contributed by atoms with Crippen molar-refractivity contribution < 1.29 is 45.9 Å². The molecule has 7 N–H and O–H groups in total. The molecule has 2 aliphatic heterocycles. The zero-order valence-electron chi connectivity index (χ0n) is 26.2. The maximum atomic E-state index is 13.1. The summed E-state index contributed by atoms with van der Waals surface area (Å²) in [4.78, 5) is 63.8. The first-order valence-electron chi connectivity index (χ1n) is 15.2. The van der Waals surface area contributed by atoms with Gasteiger partial charge >= 0.3 is 5.76 Å². The molecule has 51 heavy (non-hydrogen) atoms. The lowest BCUT2D eigenvalue weighted by atomic mass is 10.0. The summed E-state index contributed by atoms with van der Waals surface area (Å²) >= 11 is 0. The predicted octanol–water partition coefficient (Wildman–Crippen LogP) is 2.66. The molecule has 0 radical (unpaired) electrons. The van der Waals surface area contributed by atoms with Crippen molar-refractivity contribution in [1.82, 2.24) is 20.4 Å². The van der Waals surface area contributed by atoms with Crippen molar-refractivity contribution >= 4 is 62.4 Å². The van der Waals surface area contributed by atoms with Gasteiger partial charge in [0.1, 0.15) is 17.4 Å². The molecule has 0 bridgehead atoms. The number of piperidine rings is 1. The van der Waals surface area contributed by atoms with E-state index in [1.54, 1.807) is 41.1 Å². The summed E-state index contributed by atoms with van der Waals surface area (Å²) < 4.78 is 55.8. The van der Waals surface area contributed by atoms with E-state index in [1.165, 1.54) is 35.2 Å². The monoisotopic (exact) mass is 722 g/mol. The molecule has 3 heterocycles. The Morgan fingerprint density at radius 2 is 1.78 bits per heavy atom. The molecular formula is C32H28F2N8O8S. The highest BCUT2D eigenvalue weighted by atomic mass is 32.2. The lowest BCUT2D eigenvalue weighted by Gasteiger charge is -2.29. The number of halogens is 2. The molecule has 19 heteroatoms. The molecule has 5 amide bonds. The fraction of sp³-hybridized carbons (Fsp3) is 0.188. The maximum absolute atomic E-state index is 13.1. The van der Waals surface area contributed by atoms with Crippen molar-refractivity contribution in [1.29, 1.82) is 0 Å². The average molecular weight is 723 g/mol. The number of nitrogens with zero attached hydrogens (tertiary/aromatic N) is 2. The minimum Gasteiger partial charge on any atom is -0.484 e. The largest absolute Gasteiger partial charge is 0.484 e. The molecule has 1 saturated heterocycles. The van der Waals surface area contributed by atoms with Crippen LogP contribution in [0.15, 0.2) is 66.7 Å². The van der Waals surface area contributed by atoms with E-state index in [-0.39, 0.29) is 53.8 Å². The van der Waals surface area contributed by atoms with Crippen LogP contribution in [-0.4, -0.2) is 71.5 Å². The van der Waals surface area contributed by atoms with Crippen LogP contribution in [0.5, 0.6) is 5.75 Å². The molecular weight excluding hydrogens is 694 g/mol. The van der Waals surface area contributed by atoms with E-state index in [1.807, 2.05) is 0 Å². The number of carbonyl (C=O) groups is 5. The van der Waals surface area contributed by atoms with Crippen molar-refractivity contribution in [2.75, 3.05) is 22.0 Å². The highest BCUT2D eigenvalue weighted by molar-refractivity contribution is 7.93. The van der Waals surface area contributed by atoms with Crippen LogP contribution >= 0.6 is 0 Å². The van der Waals surface area contributed by atoms with Crippen LogP contribution in [0.4, 0.5) is 31.7 Å². The number of aromatic nitrogens is 2. The number of imide groups is 1. The number of amides is 5. The SMILES string of the molecule is NC(=O)c1c(Nc2cccc(OCC(=O)Nc3cccc4c3CN(C3CCC(=O)NC3=O)C4=O)c2)n[nH]c1-c1ccc(NS(=O)(=O)C(F)F)cc1. The van der Waals surface area contributed by atoms with E-state index in [0.29, 0.717) is 28.1 Å². The van der Waals surface area contributed by atoms with Gasteiger partial charge in [-0.2, -0.15) is 13.9 Å². The minimum atomic E-state index is -4.87. The molecule has 0 aliphatic carbocycles. The fourth-order valence-corrected chi connectivity index (χ4v) is 6.19. The Bertz CT molecular complexity index is 2180. The Morgan fingerprint density at radius 1 is 1.04 bits per heavy atom. The Hall–Kier alpha value is -6.37. The van der Waals surface area contributed by atoms with Crippen molar-refractivity contribution in [2.45, 2.75) is 31.2 Å². The lowest BCUT2D eigenvalue weighted by molar-refractivity contribution is -0.137. The molecule has 264 valence electrons. The Labute approximate surface area is 287 Å². The predicted molar refractivity (Wildman–Crippen MR) is 177 cm³/mol. The Kier molecular flexibility index (Phi) is 9.37. The first-order chi connectivity index (χ1) is 24.3. The number of nitrogens with two attached hydrogens (primary N) is 1. The van der Waals surface area contributed by atoms with Crippen LogP contribution < -0.4 is 31.1 Å². The van der Waals surface area contributed by atoms with Crippen LogP contribution in [0.1, 0.15) is 39.1 Å². The first-order valence-corrected chi connectivity index (χ1v) is 16.7. The van der Waals surface area contributed by atoms with E-state index in [2.05, 4.69) is 26.1 Å². The number of hydrogen-bond donors (Lipinski definition) is 6. The van der Waals surface area contributed by atoms with Crippen LogP contribution in [0, 0.1) is 0 Å². The number of anilines is 4. The number of primary amides is 1. The molecule has 1 fully saturated rings. The summed E-state index contributed by atoms with van der Waals surface area (Å²) in [6.45, 7) is -0.345. The topological polar surface area (TPSA) is 235 Å². The van der Waals surface area contributed by atoms with Gasteiger partial charge in [-0.05, 0) is 42.8 Å². The highest BCUT2D eigenvalue weighted by Gasteiger charge is 2.40. The second-order valence-corrected chi connectivity index (χ2v) is 13.0. The number of nitrogens with one attached hydrogen (secondary N) is 5. The minimum absolute atomic E-state index is 0.0358. The molecule has 3 aromatic carbocycles. The van der Waals surface area contributed by atoms with E-state index in [4.69, 9.17) is 10.5 Å². The summed E-state index contributed by atoms with van der Waals surface area (Å²) in [5.74, 6) is -6.03. The summed E-state index contributed by atoms with van der Waals surface area (Å²) in [5.41, 5.74) is 7.63. The third kappa shape index (κ3) is 7.32. The maximum Gasteiger partial charge on any atom is 0.355 e. The summed E-state index contributed by atoms with van der Waals surface area (Å²) in [5, 5.41) is 14.8. The van der Waals surface area contributed by atoms with Gasteiger partial charge < -0.3 is 26.0 Å². The number of aromatic amines is 1. The molecule has 6 rings (SSSR count). The lowest BCUT2D eigenvalue weighted by Crippen LogP contribution is -2.52. The number of carbonyl (C=O) groups excluding carboxylic acids is 5. The molecule has 0 saturated carbocycles. The van der Waals surface area contributed by atoms with Crippen LogP contribution in [-0.2, 0) is 31.0 Å². The van der Waals surface area contributed by atoms with Crippen molar-refractivity contribution in [3.63, 3.8) is 0 Å². The summed E-state index contributed by atoms with van der Waals surface area (Å²) in [6.07, 6.45) is 0.315. The molecule has 1 aromatic heterocycles. The zero-order valence-corrected chi connectivity index (χ0v) is 27.1. The number of fused-ring (bicyclic) bond motifs is 1. The Balaban J connectivity index is 1.10. The highest BCUT2D eigenvalue weighted by Crippen LogP contribution is 2.33. The van der Waals surface area contributed by atoms with Crippen molar-refractivity contribution in [3.05, 3.63) is 83.4 Å². The number of ether oxygens (including phenoxy) is 1. The molecule has 0 spiro atoms. The number of hydrogen-bond acceptors (Lipinski definition) is 10. The van der Waals surface area contributed by atoms with Gasteiger partial charge in [0.15, 0.2) is 12.4 Å². The zero-order chi connectivity index (χ0) is 36.4. The second kappa shape index (κ2) is 13.9.